The Hall–Kier alpha value is -7.95. The van der Waals surface area contributed by atoms with E-state index in [1.165, 1.54) is 50.3 Å². The molecule has 2 aromatic carbocycles. The number of hydrogen-bond acceptors (Lipinski definition) is 15. The van der Waals surface area contributed by atoms with Crippen LogP contribution in [-0.4, -0.2) is 183 Å². The average Bonchev–Trinajstić information content (AvgIpc) is 2.62. The number of amides is 11. The summed E-state index contributed by atoms with van der Waals surface area (Å²) >= 11 is 13.4. The minimum Gasteiger partial charge on any atom is -0.391 e. The molecule has 16 N–H and O–H groups in total. The van der Waals surface area contributed by atoms with E-state index < -0.39 is 138 Å². The molecule has 0 aliphatic carbocycles. The molecule has 0 fully saturated rings. The summed E-state index contributed by atoms with van der Waals surface area (Å²) in [5, 5.41) is 34.6. The first kappa shape index (κ1) is 72.5. The summed E-state index contributed by atoms with van der Waals surface area (Å²) in [5.74, 6) is -8.57. The van der Waals surface area contributed by atoms with E-state index >= 15 is 0 Å². The third-order valence-electron chi connectivity index (χ3n) is 14.0. The van der Waals surface area contributed by atoms with Crippen molar-refractivity contribution in [2.75, 3.05) is 48.3 Å². The minimum atomic E-state index is -1.63. The van der Waals surface area contributed by atoms with Gasteiger partial charge in [-0.25, -0.2) is 4.98 Å². The summed E-state index contributed by atoms with van der Waals surface area (Å²) in [4.78, 5) is 161. The van der Waals surface area contributed by atoms with Crippen molar-refractivity contribution in [2.45, 2.75) is 135 Å². The van der Waals surface area contributed by atoms with Gasteiger partial charge in [0.1, 0.15) is 48.3 Å². The second-order valence-corrected chi connectivity index (χ2v) is 23.6. The van der Waals surface area contributed by atoms with E-state index in [4.69, 9.17) is 34.7 Å². The molecule has 0 radical (unpaired) electrons. The van der Waals surface area contributed by atoms with Crippen molar-refractivity contribution in [1.29, 1.82) is 0 Å². The molecular weight excluding hydrogens is 1200 g/mol. The predicted molar refractivity (Wildman–Crippen MR) is 334 cm³/mol. The zero-order valence-electron chi connectivity index (χ0n) is 50.3. The highest BCUT2D eigenvalue weighted by Crippen LogP contribution is 2.21. The number of H-pyrrole nitrogens is 2. The maximum atomic E-state index is 14.4. The normalized spacial score (nSPS) is 14.3. The van der Waals surface area contributed by atoms with Crippen LogP contribution in [-0.2, 0) is 60.8 Å². The van der Waals surface area contributed by atoms with E-state index in [1.807, 2.05) is 25.0 Å². The van der Waals surface area contributed by atoms with Gasteiger partial charge in [0.05, 0.1) is 19.0 Å². The number of nitrogens with two attached hydrogens (primary N) is 2. The summed E-state index contributed by atoms with van der Waals surface area (Å²) in [7, 11) is 0. The molecule has 0 saturated carbocycles. The Bertz CT molecular complexity index is 3000. The van der Waals surface area contributed by atoms with Crippen molar-refractivity contribution in [2.24, 2.45) is 23.3 Å². The Labute approximate surface area is 525 Å². The van der Waals surface area contributed by atoms with Gasteiger partial charge in [0.2, 0.25) is 59.1 Å². The van der Waals surface area contributed by atoms with E-state index in [9.17, 15) is 57.8 Å². The topological polar surface area (TPSA) is 416 Å². The summed E-state index contributed by atoms with van der Waals surface area (Å²) in [6.45, 7) is 9.79. The lowest BCUT2D eigenvalue weighted by Crippen LogP contribution is -2.60. The minimum absolute atomic E-state index is 0.0955. The van der Waals surface area contributed by atoms with E-state index in [0.717, 1.165) is 5.69 Å². The molecule has 9 atom stereocenters. The molecule has 2 heterocycles. The van der Waals surface area contributed by atoms with Crippen LogP contribution < -0.4 is 64.2 Å². The zero-order chi connectivity index (χ0) is 65.2. The summed E-state index contributed by atoms with van der Waals surface area (Å²) in [6, 6.07) is 2.73. The molecule has 482 valence electrons. The van der Waals surface area contributed by atoms with E-state index in [2.05, 4.69) is 62.8 Å². The van der Waals surface area contributed by atoms with Crippen LogP contribution >= 0.6 is 35.0 Å². The quantitative estimate of drug-likeness (QED) is 0.0260. The molecule has 11 amide bonds. The van der Waals surface area contributed by atoms with Crippen molar-refractivity contribution in [3.05, 3.63) is 84.1 Å². The van der Waals surface area contributed by atoms with Crippen molar-refractivity contribution in [3.63, 3.8) is 0 Å². The van der Waals surface area contributed by atoms with Crippen LogP contribution in [0, 0.1) is 11.8 Å². The number of aliphatic hydroxyl groups excluding tert-OH is 1. The monoisotopic (exact) mass is 1280 g/mol. The fourth-order valence-electron chi connectivity index (χ4n) is 9.16. The Balaban J connectivity index is 1.49. The number of nitrogens with one attached hydrogen (secondary N) is 11. The molecule has 4 aromatic rings. The second kappa shape index (κ2) is 36.4. The molecule has 0 spiro atoms. The number of rotatable bonds is 38. The van der Waals surface area contributed by atoms with Crippen LogP contribution in [0.4, 0.5) is 5.69 Å². The molecule has 2 aromatic heterocycles. The van der Waals surface area contributed by atoms with E-state index in [-0.39, 0.29) is 43.6 Å². The number of carbonyl (C=O) groups excluding carboxylic acids is 11. The Morgan fingerprint density at radius 2 is 1.25 bits per heavy atom. The lowest BCUT2D eigenvalue weighted by atomic mass is 10.0. The Morgan fingerprint density at radius 1 is 0.648 bits per heavy atom. The van der Waals surface area contributed by atoms with Crippen LogP contribution in [0.3, 0.4) is 0 Å². The third-order valence-corrected chi connectivity index (χ3v) is 14.9. The average molecular weight is 1290 g/mol. The Morgan fingerprint density at radius 3 is 1.84 bits per heavy atom. The zero-order valence-corrected chi connectivity index (χ0v) is 52.7. The van der Waals surface area contributed by atoms with Gasteiger partial charge in [-0.2, -0.15) is 11.8 Å². The van der Waals surface area contributed by atoms with Gasteiger partial charge in [0.15, 0.2) is 0 Å². The van der Waals surface area contributed by atoms with E-state index in [1.54, 1.807) is 56.4 Å². The van der Waals surface area contributed by atoms with Gasteiger partial charge in [-0.1, -0.05) is 45.9 Å². The third kappa shape index (κ3) is 23.3. The number of alkyl halides is 2. The number of hydrogen-bond donors (Lipinski definition) is 14. The highest BCUT2D eigenvalue weighted by atomic mass is 35.5. The fraction of sp³-hybridized carbons (Fsp3) is 0.517. The molecule has 4 rings (SSSR count). The molecule has 30 heteroatoms. The highest BCUT2D eigenvalue weighted by Gasteiger charge is 2.35. The van der Waals surface area contributed by atoms with Crippen LogP contribution in [0.5, 0.6) is 0 Å². The maximum Gasteiger partial charge on any atom is 0.252 e. The molecule has 0 aliphatic rings. The number of nitrogens with zero attached hydrogens (tertiary/aromatic N) is 2. The van der Waals surface area contributed by atoms with Gasteiger partial charge in [-0.05, 0) is 92.8 Å². The summed E-state index contributed by atoms with van der Waals surface area (Å²) in [6.07, 6.45) is 4.11. The fourth-order valence-corrected chi connectivity index (χ4v) is 10.0. The first-order valence-electron chi connectivity index (χ1n) is 28.7. The number of carbonyl (C=O) groups is 11. The number of imidazole rings is 1. The number of benzene rings is 2. The van der Waals surface area contributed by atoms with Crippen LogP contribution in [0.1, 0.15) is 88.8 Å². The van der Waals surface area contributed by atoms with Crippen molar-refractivity contribution in [3.8, 4) is 0 Å². The van der Waals surface area contributed by atoms with Gasteiger partial charge < -0.3 is 79.3 Å². The lowest BCUT2D eigenvalue weighted by Gasteiger charge is -2.27. The molecular formula is C58H83Cl2N15O12S. The molecule has 88 heavy (non-hydrogen) atoms. The molecule has 0 unspecified atom stereocenters. The standard InChI is InChI=1S/C58H83Cl2N15O12S/c1-31(2)24-43(55(84)69-41(50(62)79)18-23-88-7)71-56(85)45(26-37-28-63-30-66-37)68-47(78)29-65-57(86)48(32(3)4)73-51(80)33(5)67-54(83)44(25-36-27-64-40-11-9-8-10-39(36)40)72-53(82)42(16-17-46(61)77)70-58(87)49(34(6)76)74-52(81)35-12-14-38(15-13-35)75(21-19-59)22-20-60/h8-15,27-28,30-34,41-45,48-49,64,76H,16-26,29H2,1-7H3,(H2,61,77)(H2,62,79)(H,63,66)(H,65,86)(H,67,83)(H,68,78)(H,69,84)(H,70,87)(H,71,85)(H,72,82)(H,73,80)(H,74,81)/t33-,34+,41-,42-,43-,44-,45-,48-,49-/m0/s1. The van der Waals surface area contributed by atoms with Gasteiger partial charge >= 0.3 is 0 Å². The van der Waals surface area contributed by atoms with Crippen LogP contribution in [0.25, 0.3) is 10.9 Å². The van der Waals surface area contributed by atoms with Crippen LogP contribution in [0.15, 0.2) is 67.3 Å². The lowest BCUT2D eigenvalue weighted by molar-refractivity contribution is -0.135. The van der Waals surface area contributed by atoms with E-state index in [0.29, 0.717) is 52.8 Å². The number of aromatic amines is 2. The van der Waals surface area contributed by atoms with Crippen molar-refractivity contribution < 1.29 is 57.8 Å². The number of aromatic nitrogens is 3. The Kier molecular flexibility index (Phi) is 30.0. The number of primary amides is 2. The van der Waals surface area contributed by atoms with Crippen molar-refractivity contribution >= 4 is 117 Å². The molecule has 0 bridgehead atoms. The number of halogens is 2. The molecule has 0 saturated heterocycles. The largest absolute Gasteiger partial charge is 0.391 e. The summed E-state index contributed by atoms with van der Waals surface area (Å²) in [5.41, 5.74) is 13.6. The van der Waals surface area contributed by atoms with Crippen molar-refractivity contribution in [1.82, 2.24) is 62.8 Å². The number of thioether (sulfide) groups is 1. The molecule has 27 nitrogen and oxygen atoms in total. The second-order valence-electron chi connectivity index (χ2n) is 21.8. The summed E-state index contributed by atoms with van der Waals surface area (Å²) < 4.78 is 0. The van der Waals surface area contributed by atoms with Crippen LogP contribution in [0.2, 0.25) is 0 Å². The number of aliphatic hydroxyl groups is 1. The van der Waals surface area contributed by atoms with Gasteiger partial charge in [0, 0.05) is 84.4 Å². The number of fused-ring (bicyclic) bond motifs is 1. The SMILES string of the molecule is CSCC[C@H](NC(=O)[C@H](CC(C)C)NC(=O)[C@H](Cc1cnc[nH]1)NC(=O)CNC(=O)[C@@H](NC(=O)[C@H](C)NC(=O)[C@H](Cc1c[nH]c2ccccc12)NC(=O)[C@H](CCC(N)=O)NC(=O)[C@@H](NC(=O)c1ccc(N(CCCl)CCCl)cc1)[C@@H](C)O)C(C)C)C(N)=O. The van der Waals surface area contributed by atoms with Gasteiger partial charge in [-0.3, -0.25) is 52.7 Å². The number of anilines is 1. The van der Waals surface area contributed by atoms with Gasteiger partial charge in [-0.15, -0.1) is 23.2 Å². The predicted octanol–water partition coefficient (Wildman–Crippen LogP) is -0.125. The smallest absolute Gasteiger partial charge is 0.252 e. The first-order chi connectivity index (χ1) is 41.8. The molecule has 0 aliphatic heterocycles. The highest BCUT2D eigenvalue weighted by molar-refractivity contribution is 7.98. The first-order valence-corrected chi connectivity index (χ1v) is 31.2. The number of para-hydroxylation sites is 1. The van der Waals surface area contributed by atoms with Gasteiger partial charge in [0.25, 0.3) is 5.91 Å². The maximum absolute atomic E-state index is 14.4.